The van der Waals surface area contributed by atoms with Gasteiger partial charge in [-0.05, 0) is 71.3 Å². The van der Waals surface area contributed by atoms with Crippen molar-refractivity contribution >= 4 is 72.3 Å². The van der Waals surface area contributed by atoms with E-state index in [0.29, 0.717) is 5.95 Å². The zero-order valence-corrected chi connectivity index (χ0v) is 29.5. The van der Waals surface area contributed by atoms with Gasteiger partial charge in [-0.15, -0.1) is 0 Å². The van der Waals surface area contributed by atoms with Crippen molar-refractivity contribution in [2.45, 2.75) is 22.1 Å². The normalized spacial score (nSPS) is 15.0. The Kier molecular flexibility index (Phi) is 6.89. The first-order chi connectivity index (χ1) is 26.3. The number of rotatable bonds is 4. The minimum Gasteiger partial charge on any atom is -0.308 e. The van der Waals surface area contributed by atoms with Crippen molar-refractivity contribution in [3.63, 3.8) is 0 Å². The van der Waals surface area contributed by atoms with E-state index >= 15 is 0 Å². The lowest BCUT2D eigenvalue weighted by molar-refractivity contribution is 0.810. The van der Waals surface area contributed by atoms with Gasteiger partial charge in [-0.1, -0.05) is 139 Å². The fraction of sp³-hybridized carbons (Fsp3) is 0.0417. The number of nitrogens with zero attached hydrogens (tertiary/aromatic N) is 4. The molecule has 2 aromatic heterocycles. The molecule has 7 aromatic carbocycles. The van der Waals surface area contributed by atoms with Crippen LogP contribution in [-0.2, 0) is 0 Å². The summed E-state index contributed by atoms with van der Waals surface area (Å²) >= 11 is 1.84. The largest absolute Gasteiger partial charge is 0.308 e. The number of allylic oxidation sites excluding steroid dienone is 4. The predicted molar refractivity (Wildman–Crippen MR) is 221 cm³/mol. The topological polar surface area (TPSA) is 34.0 Å². The Balaban J connectivity index is 1.19. The van der Waals surface area contributed by atoms with Crippen molar-refractivity contribution in [1.82, 2.24) is 14.5 Å². The monoisotopic (exact) mass is 696 g/mol. The van der Waals surface area contributed by atoms with E-state index in [-0.39, 0.29) is 5.92 Å². The standard InChI is InChI=1S/C48H32N4S/c1-3-15-32(16-4-1)46-37-20-9-10-23-39(37)49-48(50-46)52-42-29-26-31-14-7-8-19-35(31)45(42)38-22-13-21-36(47(38)52)33-27-28-41-44(30-33)53-43-25-12-11-24-40(43)51(41)34-17-5-2-6-18-34/h1-15,17-30,32H,16H2. The highest BCUT2D eigenvalue weighted by Crippen LogP contribution is 2.52. The fourth-order valence-corrected chi connectivity index (χ4v) is 9.41. The number of hydrogen-bond acceptors (Lipinski definition) is 4. The third-order valence-corrected chi connectivity index (χ3v) is 11.8. The Hall–Kier alpha value is -6.43. The van der Waals surface area contributed by atoms with Gasteiger partial charge in [0, 0.05) is 43.1 Å². The number of benzene rings is 7. The minimum atomic E-state index is 0.174. The Morgan fingerprint density at radius 3 is 2.30 bits per heavy atom. The smallest absolute Gasteiger partial charge is 0.235 e. The highest BCUT2D eigenvalue weighted by atomic mass is 32.2. The van der Waals surface area contributed by atoms with Gasteiger partial charge in [-0.3, -0.25) is 4.57 Å². The first kappa shape index (κ1) is 30.2. The Morgan fingerprint density at radius 1 is 0.604 bits per heavy atom. The fourth-order valence-electron chi connectivity index (χ4n) is 8.31. The summed E-state index contributed by atoms with van der Waals surface area (Å²) in [6.07, 6.45) is 9.68. The van der Waals surface area contributed by atoms with Crippen LogP contribution in [0.2, 0.25) is 0 Å². The molecule has 0 saturated carbocycles. The van der Waals surface area contributed by atoms with Crippen molar-refractivity contribution in [3.05, 3.63) is 182 Å². The lowest BCUT2D eigenvalue weighted by atomic mass is 9.94. The predicted octanol–water partition coefficient (Wildman–Crippen LogP) is 13.1. The molecule has 9 aromatic rings. The van der Waals surface area contributed by atoms with Crippen LogP contribution in [0.25, 0.3) is 60.6 Å². The molecule has 0 bridgehead atoms. The maximum Gasteiger partial charge on any atom is 0.235 e. The summed E-state index contributed by atoms with van der Waals surface area (Å²) in [6.45, 7) is 0. The summed E-state index contributed by atoms with van der Waals surface area (Å²) in [5.41, 5.74) is 10.1. The lowest BCUT2D eigenvalue weighted by Gasteiger charge is -2.33. The zero-order chi connectivity index (χ0) is 34.9. The number of anilines is 3. The van der Waals surface area contributed by atoms with E-state index in [1.807, 2.05) is 11.8 Å². The van der Waals surface area contributed by atoms with E-state index < -0.39 is 0 Å². The van der Waals surface area contributed by atoms with Gasteiger partial charge in [0.1, 0.15) is 0 Å². The Bertz CT molecular complexity index is 2980. The maximum atomic E-state index is 5.48. The third-order valence-electron chi connectivity index (χ3n) is 10.7. The van der Waals surface area contributed by atoms with E-state index in [2.05, 4.69) is 185 Å². The molecule has 0 N–H and O–H groups in total. The Labute approximate surface area is 311 Å². The molecular weight excluding hydrogens is 665 g/mol. The van der Waals surface area contributed by atoms with Gasteiger partial charge in [0.25, 0.3) is 0 Å². The van der Waals surface area contributed by atoms with Crippen LogP contribution in [0.3, 0.4) is 0 Å². The van der Waals surface area contributed by atoms with Gasteiger partial charge in [-0.2, -0.15) is 0 Å². The molecule has 5 heteroatoms. The number of hydrogen-bond donors (Lipinski definition) is 0. The quantitative estimate of drug-likeness (QED) is 0.183. The average molecular weight is 697 g/mol. The number of fused-ring (bicyclic) bond motifs is 8. The number of aromatic nitrogens is 3. The summed E-state index contributed by atoms with van der Waals surface area (Å²) in [7, 11) is 0. The van der Waals surface area contributed by atoms with Crippen LogP contribution in [0.1, 0.15) is 18.0 Å². The molecule has 1 atom stereocenters. The molecule has 2 aliphatic rings. The van der Waals surface area contributed by atoms with Gasteiger partial charge >= 0.3 is 0 Å². The molecule has 1 aliphatic carbocycles. The van der Waals surface area contributed by atoms with Crippen molar-refractivity contribution in [2.75, 3.05) is 4.90 Å². The number of para-hydroxylation sites is 4. The molecule has 0 spiro atoms. The van der Waals surface area contributed by atoms with Crippen LogP contribution in [0.5, 0.6) is 0 Å². The van der Waals surface area contributed by atoms with E-state index in [9.17, 15) is 0 Å². The van der Waals surface area contributed by atoms with Crippen LogP contribution in [-0.4, -0.2) is 14.5 Å². The summed E-state index contributed by atoms with van der Waals surface area (Å²) in [5, 5.41) is 5.95. The molecule has 250 valence electrons. The second-order valence-corrected chi connectivity index (χ2v) is 14.8. The van der Waals surface area contributed by atoms with Crippen molar-refractivity contribution in [1.29, 1.82) is 0 Å². The lowest BCUT2D eigenvalue weighted by Crippen LogP contribution is -2.14. The van der Waals surface area contributed by atoms with Gasteiger partial charge in [0.15, 0.2) is 0 Å². The van der Waals surface area contributed by atoms with Crippen molar-refractivity contribution in [3.8, 4) is 17.1 Å². The molecule has 1 aliphatic heterocycles. The first-order valence-electron chi connectivity index (χ1n) is 18.1. The molecule has 4 nitrogen and oxygen atoms in total. The molecule has 1 unspecified atom stereocenters. The van der Waals surface area contributed by atoms with Crippen LogP contribution in [0, 0.1) is 0 Å². The molecular formula is C48H32N4S. The molecule has 0 fully saturated rings. The van der Waals surface area contributed by atoms with Gasteiger partial charge in [-0.25, -0.2) is 9.97 Å². The third kappa shape index (κ3) is 4.78. The molecule has 0 saturated heterocycles. The summed E-state index contributed by atoms with van der Waals surface area (Å²) < 4.78 is 2.32. The zero-order valence-electron chi connectivity index (χ0n) is 28.7. The summed E-state index contributed by atoms with van der Waals surface area (Å²) in [5.74, 6) is 0.869. The van der Waals surface area contributed by atoms with Crippen LogP contribution in [0.4, 0.5) is 17.1 Å². The van der Waals surface area contributed by atoms with E-state index in [0.717, 1.165) is 50.9 Å². The highest BCUT2D eigenvalue weighted by molar-refractivity contribution is 7.99. The molecule has 3 heterocycles. The van der Waals surface area contributed by atoms with E-state index in [1.165, 1.54) is 42.7 Å². The summed E-state index contributed by atoms with van der Waals surface area (Å²) in [4.78, 5) is 15.6. The second-order valence-electron chi connectivity index (χ2n) is 13.7. The van der Waals surface area contributed by atoms with Crippen molar-refractivity contribution in [2.24, 2.45) is 0 Å². The highest BCUT2D eigenvalue weighted by Gasteiger charge is 2.27. The van der Waals surface area contributed by atoms with Gasteiger partial charge in [0.05, 0.1) is 33.6 Å². The van der Waals surface area contributed by atoms with Gasteiger partial charge < -0.3 is 4.90 Å². The van der Waals surface area contributed by atoms with Crippen LogP contribution in [0.15, 0.2) is 186 Å². The molecule has 11 rings (SSSR count). The second kappa shape index (κ2) is 12.1. The van der Waals surface area contributed by atoms with E-state index in [1.54, 1.807) is 0 Å². The van der Waals surface area contributed by atoms with Crippen LogP contribution >= 0.6 is 11.8 Å². The first-order valence-corrected chi connectivity index (χ1v) is 18.9. The minimum absolute atomic E-state index is 0.174. The maximum absolute atomic E-state index is 5.48. The molecule has 53 heavy (non-hydrogen) atoms. The SMILES string of the molecule is C1=CCC(c2nc(-n3c4ccc5ccccc5c4c4cccc(-c5ccc6c(c5)Sc5ccccc5N6c5ccccc5)c43)nc3ccccc23)C=C1. The molecule has 0 amide bonds. The summed E-state index contributed by atoms with van der Waals surface area (Å²) in [6, 6.07) is 54.6. The van der Waals surface area contributed by atoms with Gasteiger partial charge in [0.2, 0.25) is 5.95 Å². The Morgan fingerprint density at radius 2 is 1.40 bits per heavy atom. The molecule has 0 radical (unpaired) electrons. The average Bonchev–Trinajstić information content (AvgIpc) is 3.58. The van der Waals surface area contributed by atoms with E-state index in [4.69, 9.17) is 9.97 Å². The van der Waals surface area contributed by atoms with Crippen molar-refractivity contribution < 1.29 is 0 Å². The van der Waals surface area contributed by atoms with Crippen LogP contribution < -0.4 is 4.90 Å².